The van der Waals surface area contributed by atoms with Gasteiger partial charge in [0.25, 0.3) is 0 Å². The lowest BCUT2D eigenvalue weighted by Gasteiger charge is -2.19. The van der Waals surface area contributed by atoms with E-state index < -0.39 is 0 Å². The van der Waals surface area contributed by atoms with Crippen molar-refractivity contribution in [1.82, 2.24) is 0 Å². The van der Waals surface area contributed by atoms with Gasteiger partial charge in [0.2, 0.25) is 0 Å². The molecule has 0 saturated heterocycles. The summed E-state index contributed by atoms with van der Waals surface area (Å²) in [5, 5.41) is 10.2. The molecule has 1 nitrogen and oxygen atoms in total. The standard InChI is InChI=1S/C16H26O/c1-11(2)8-12(3)9-16(17)15-7-6-13(4)14(5)10-15/h6-7,10-12,16-17H,8-9H2,1-5H3. The zero-order chi connectivity index (χ0) is 13.0. The first kappa shape index (κ1) is 14.2. The molecule has 0 heterocycles. The molecule has 0 aliphatic heterocycles. The number of aliphatic hydroxyl groups excluding tert-OH is 1. The van der Waals surface area contributed by atoms with Crippen molar-refractivity contribution < 1.29 is 5.11 Å². The third kappa shape index (κ3) is 4.51. The molecule has 0 spiro atoms. The van der Waals surface area contributed by atoms with E-state index in [0.717, 1.165) is 12.0 Å². The predicted molar refractivity (Wildman–Crippen MR) is 74.1 cm³/mol. The van der Waals surface area contributed by atoms with Crippen LogP contribution in [0.4, 0.5) is 0 Å². The maximum atomic E-state index is 10.2. The van der Waals surface area contributed by atoms with E-state index in [0.29, 0.717) is 11.8 Å². The Morgan fingerprint density at radius 2 is 1.65 bits per heavy atom. The van der Waals surface area contributed by atoms with Crippen LogP contribution >= 0.6 is 0 Å². The van der Waals surface area contributed by atoms with Crippen LogP contribution in [0.25, 0.3) is 0 Å². The molecule has 1 heteroatoms. The Kier molecular flexibility index (Phi) is 5.20. The second-order valence-corrected chi connectivity index (χ2v) is 5.83. The topological polar surface area (TPSA) is 20.2 Å². The zero-order valence-corrected chi connectivity index (χ0v) is 11.8. The van der Waals surface area contributed by atoms with Gasteiger partial charge in [-0.25, -0.2) is 0 Å². The van der Waals surface area contributed by atoms with Crippen LogP contribution < -0.4 is 0 Å². The van der Waals surface area contributed by atoms with E-state index in [1.54, 1.807) is 0 Å². The molecular weight excluding hydrogens is 208 g/mol. The molecule has 2 atom stereocenters. The first-order valence-corrected chi connectivity index (χ1v) is 6.65. The second kappa shape index (κ2) is 6.20. The van der Waals surface area contributed by atoms with Crippen molar-refractivity contribution in [1.29, 1.82) is 0 Å². The summed E-state index contributed by atoms with van der Waals surface area (Å²) in [5.41, 5.74) is 3.61. The first-order valence-electron chi connectivity index (χ1n) is 6.65. The van der Waals surface area contributed by atoms with Crippen molar-refractivity contribution in [3.05, 3.63) is 34.9 Å². The summed E-state index contributed by atoms with van der Waals surface area (Å²) in [6.45, 7) is 10.9. The number of benzene rings is 1. The van der Waals surface area contributed by atoms with Crippen molar-refractivity contribution in [2.75, 3.05) is 0 Å². The van der Waals surface area contributed by atoms with Crippen LogP contribution in [0.5, 0.6) is 0 Å². The average molecular weight is 234 g/mol. The van der Waals surface area contributed by atoms with Crippen molar-refractivity contribution >= 4 is 0 Å². The fourth-order valence-electron chi connectivity index (χ4n) is 2.39. The molecule has 0 amide bonds. The van der Waals surface area contributed by atoms with Crippen molar-refractivity contribution in [2.45, 2.75) is 53.6 Å². The van der Waals surface area contributed by atoms with E-state index in [9.17, 15) is 5.11 Å². The maximum absolute atomic E-state index is 10.2. The Balaban J connectivity index is 2.63. The van der Waals surface area contributed by atoms with Gasteiger partial charge in [-0.15, -0.1) is 0 Å². The molecule has 1 aromatic carbocycles. The molecule has 2 unspecified atom stereocenters. The molecule has 1 rings (SSSR count). The van der Waals surface area contributed by atoms with E-state index in [2.05, 4.69) is 52.8 Å². The fraction of sp³-hybridized carbons (Fsp3) is 0.625. The molecule has 0 bridgehead atoms. The van der Waals surface area contributed by atoms with Gasteiger partial charge in [-0.3, -0.25) is 0 Å². The predicted octanol–water partition coefficient (Wildman–Crippen LogP) is 4.41. The lowest BCUT2D eigenvalue weighted by molar-refractivity contribution is 0.142. The second-order valence-electron chi connectivity index (χ2n) is 5.83. The molecule has 0 fully saturated rings. The van der Waals surface area contributed by atoms with Gasteiger partial charge in [-0.05, 0) is 55.2 Å². The van der Waals surface area contributed by atoms with E-state index >= 15 is 0 Å². The lowest BCUT2D eigenvalue weighted by atomic mass is 9.90. The minimum atomic E-state index is -0.317. The van der Waals surface area contributed by atoms with Gasteiger partial charge in [0.1, 0.15) is 0 Å². The number of rotatable bonds is 5. The number of aryl methyl sites for hydroxylation is 2. The van der Waals surface area contributed by atoms with Gasteiger partial charge in [-0.2, -0.15) is 0 Å². The smallest absolute Gasteiger partial charge is 0.0792 e. The third-order valence-electron chi connectivity index (χ3n) is 3.42. The molecule has 96 valence electrons. The Labute approximate surface area is 106 Å². The molecule has 1 N–H and O–H groups in total. The Morgan fingerprint density at radius 3 is 2.18 bits per heavy atom. The molecule has 0 aromatic heterocycles. The highest BCUT2D eigenvalue weighted by molar-refractivity contribution is 5.31. The molecule has 1 aromatic rings. The molecule has 0 aliphatic carbocycles. The molecule has 0 aliphatic rings. The summed E-state index contributed by atoms with van der Waals surface area (Å²) in [5.74, 6) is 1.28. The minimum Gasteiger partial charge on any atom is -0.388 e. The van der Waals surface area contributed by atoms with E-state index in [1.807, 2.05) is 0 Å². The number of hydrogen-bond donors (Lipinski definition) is 1. The molecule has 0 radical (unpaired) electrons. The van der Waals surface area contributed by atoms with Gasteiger partial charge < -0.3 is 5.11 Å². The normalized spacial score (nSPS) is 15.0. The molecular formula is C16H26O. The van der Waals surface area contributed by atoms with E-state index in [-0.39, 0.29) is 6.10 Å². The molecule has 17 heavy (non-hydrogen) atoms. The minimum absolute atomic E-state index is 0.317. The van der Waals surface area contributed by atoms with Crippen LogP contribution in [-0.4, -0.2) is 5.11 Å². The summed E-state index contributed by atoms with van der Waals surface area (Å²) in [4.78, 5) is 0. The van der Waals surface area contributed by atoms with Gasteiger partial charge in [-0.1, -0.05) is 39.0 Å². The van der Waals surface area contributed by atoms with Crippen molar-refractivity contribution in [3.63, 3.8) is 0 Å². The third-order valence-corrected chi connectivity index (χ3v) is 3.42. The van der Waals surface area contributed by atoms with Gasteiger partial charge in [0.15, 0.2) is 0 Å². The number of aliphatic hydroxyl groups is 1. The van der Waals surface area contributed by atoms with Crippen LogP contribution in [0.15, 0.2) is 18.2 Å². The Morgan fingerprint density at radius 1 is 1.00 bits per heavy atom. The first-order chi connectivity index (χ1) is 7.90. The lowest BCUT2D eigenvalue weighted by Crippen LogP contribution is -2.07. The monoisotopic (exact) mass is 234 g/mol. The van der Waals surface area contributed by atoms with Crippen LogP contribution in [0.2, 0.25) is 0 Å². The van der Waals surface area contributed by atoms with Crippen LogP contribution in [0, 0.1) is 25.7 Å². The highest BCUT2D eigenvalue weighted by atomic mass is 16.3. The summed E-state index contributed by atoms with van der Waals surface area (Å²) < 4.78 is 0. The van der Waals surface area contributed by atoms with E-state index in [1.165, 1.54) is 17.5 Å². The van der Waals surface area contributed by atoms with Crippen LogP contribution in [0.1, 0.15) is 56.4 Å². The summed E-state index contributed by atoms with van der Waals surface area (Å²) in [7, 11) is 0. The number of hydrogen-bond acceptors (Lipinski definition) is 1. The Bertz CT molecular complexity index is 355. The highest BCUT2D eigenvalue weighted by Crippen LogP contribution is 2.26. The summed E-state index contributed by atoms with van der Waals surface area (Å²) in [6.07, 6.45) is 1.73. The van der Waals surface area contributed by atoms with E-state index in [4.69, 9.17) is 0 Å². The average Bonchev–Trinajstić information content (AvgIpc) is 2.20. The van der Waals surface area contributed by atoms with Crippen molar-refractivity contribution in [2.24, 2.45) is 11.8 Å². The fourth-order valence-corrected chi connectivity index (χ4v) is 2.39. The Hall–Kier alpha value is -0.820. The van der Waals surface area contributed by atoms with Crippen LogP contribution in [-0.2, 0) is 0 Å². The SMILES string of the molecule is Cc1ccc(C(O)CC(C)CC(C)C)cc1C. The van der Waals surface area contributed by atoms with Gasteiger partial charge in [0.05, 0.1) is 6.10 Å². The van der Waals surface area contributed by atoms with Crippen molar-refractivity contribution in [3.8, 4) is 0 Å². The zero-order valence-electron chi connectivity index (χ0n) is 11.8. The van der Waals surface area contributed by atoms with Gasteiger partial charge in [0, 0.05) is 0 Å². The maximum Gasteiger partial charge on any atom is 0.0792 e. The molecule has 0 saturated carbocycles. The quantitative estimate of drug-likeness (QED) is 0.800. The summed E-state index contributed by atoms with van der Waals surface area (Å²) >= 11 is 0. The van der Waals surface area contributed by atoms with Gasteiger partial charge >= 0.3 is 0 Å². The largest absolute Gasteiger partial charge is 0.388 e. The summed E-state index contributed by atoms with van der Waals surface area (Å²) in [6, 6.07) is 6.26. The van der Waals surface area contributed by atoms with Crippen LogP contribution in [0.3, 0.4) is 0 Å². The highest BCUT2D eigenvalue weighted by Gasteiger charge is 2.14.